The summed E-state index contributed by atoms with van der Waals surface area (Å²) in [6.45, 7) is 6.06. The molecule has 1 saturated heterocycles. The Morgan fingerprint density at radius 3 is 2.21 bits per heavy atom. The zero-order chi connectivity index (χ0) is 24.6. The molecular formula is C28H26FNO4. The van der Waals surface area contributed by atoms with E-state index in [0.717, 1.165) is 5.56 Å². The van der Waals surface area contributed by atoms with E-state index in [4.69, 9.17) is 4.74 Å². The van der Waals surface area contributed by atoms with Gasteiger partial charge in [-0.15, -0.1) is 0 Å². The lowest BCUT2D eigenvalue weighted by atomic mass is 9.84. The van der Waals surface area contributed by atoms with Gasteiger partial charge in [-0.1, -0.05) is 51.1 Å². The van der Waals surface area contributed by atoms with E-state index in [2.05, 4.69) is 0 Å². The first-order chi connectivity index (χ1) is 16.1. The van der Waals surface area contributed by atoms with Crippen LogP contribution in [0.15, 0.2) is 78.4 Å². The minimum atomic E-state index is -0.869. The number of ketones is 1. The Morgan fingerprint density at radius 1 is 0.971 bits per heavy atom. The maximum atomic E-state index is 13.6. The minimum Gasteiger partial charge on any atom is -0.507 e. The first-order valence-electron chi connectivity index (χ1n) is 10.9. The van der Waals surface area contributed by atoms with Gasteiger partial charge < -0.3 is 9.84 Å². The van der Waals surface area contributed by atoms with Crippen LogP contribution in [0.1, 0.15) is 43.5 Å². The van der Waals surface area contributed by atoms with Crippen LogP contribution in [0.5, 0.6) is 5.75 Å². The first-order valence-corrected chi connectivity index (χ1v) is 10.9. The van der Waals surface area contributed by atoms with E-state index in [9.17, 15) is 19.1 Å². The quantitative estimate of drug-likeness (QED) is 0.306. The Balaban J connectivity index is 1.94. The maximum Gasteiger partial charge on any atom is 0.300 e. The number of hydrogen-bond donors (Lipinski definition) is 1. The zero-order valence-corrected chi connectivity index (χ0v) is 19.5. The molecule has 0 radical (unpaired) electrons. The summed E-state index contributed by atoms with van der Waals surface area (Å²) >= 11 is 0. The Kier molecular flexibility index (Phi) is 6.00. The first kappa shape index (κ1) is 23.2. The summed E-state index contributed by atoms with van der Waals surface area (Å²) < 4.78 is 19.0. The highest BCUT2D eigenvalue weighted by molar-refractivity contribution is 6.51. The van der Waals surface area contributed by atoms with Crippen molar-refractivity contribution >= 4 is 23.1 Å². The number of carbonyl (C=O) groups excluding carboxylic acids is 2. The third-order valence-electron chi connectivity index (χ3n) is 5.95. The summed E-state index contributed by atoms with van der Waals surface area (Å²) in [6, 6.07) is 18.7. The van der Waals surface area contributed by atoms with Gasteiger partial charge in [0.2, 0.25) is 0 Å². The molecule has 1 aliphatic heterocycles. The smallest absolute Gasteiger partial charge is 0.300 e. The van der Waals surface area contributed by atoms with Crippen molar-refractivity contribution in [1.29, 1.82) is 0 Å². The van der Waals surface area contributed by atoms with Crippen molar-refractivity contribution in [3.8, 4) is 5.75 Å². The number of nitrogens with zero attached hydrogens (tertiary/aromatic N) is 1. The van der Waals surface area contributed by atoms with E-state index in [1.54, 1.807) is 49.6 Å². The maximum absolute atomic E-state index is 13.6. The van der Waals surface area contributed by atoms with Crippen molar-refractivity contribution in [2.45, 2.75) is 32.2 Å². The predicted octanol–water partition coefficient (Wildman–Crippen LogP) is 5.76. The van der Waals surface area contributed by atoms with Gasteiger partial charge in [-0.25, -0.2) is 4.39 Å². The molecule has 6 heteroatoms. The van der Waals surface area contributed by atoms with Crippen LogP contribution in [-0.2, 0) is 15.0 Å². The number of halogens is 1. The number of anilines is 1. The fraction of sp³-hybridized carbons (Fsp3) is 0.214. The van der Waals surface area contributed by atoms with Crippen LogP contribution in [0.2, 0.25) is 0 Å². The van der Waals surface area contributed by atoms with Crippen molar-refractivity contribution in [3.05, 3.63) is 101 Å². The highest BCUT2D eigenvalue weighted by Crippen LogP contribution is 2.43. The van der Waals surface area contributed by atoms with Gasteiger partial charge >= 0.3 is 0 Å². The molecule has 1 amide bonds. The fourth-order valence-electron chi connectivity index (χ4n) is 4.25. The Bertz CT molecular complexity index is 1270. The predicted molar refractivity (Wildman–Crippen MR) is 129 cm³/mol. The third-order valence-corrected chi connectivity index (χ3v) is 5.95. The molecule has 5 nitrogen and oxygen atoms in total. The van der Waals surface area contributed by atoms with Crippen LogP contribution < -0.4 is 9.64 Å². The topological polar surface area (TPSA) is 66.8 Å². The largest absolute Gasteiger partial charge is 0.507 e. The number of ether oxygens (including phenoxy) is 1. The van der Waals surface area contributed by atoms with Gasteiger partial charge in [0.15, 0.2) is 0 Å². The second-order valence-corrected chi connectivity index (χ2v) is 9.22. The molecule has 0 spiro atoms. The zero-order valence-electron chi connectivity index (χ0n) is 19.5. The lowest BCUT2D eigenvalue weighted by Crippen LogP contribution is -2.29. The molecule has 1 N–H and O–H groups in total. The molecule has 3 aromatic rings. The van der Waals surface area contributed by atoms with Crippen molar-refractivity contribution in [2.24, 2.45) is 0 Å². The van der Waals surface area contributed by atoms with Crippen LogP contribution in [0.3, 0.4) is 0 Å². The molecule has 0 aliphatic carbocycles. The molecule has 0 aromatic heterocycles. The molecule has 4 rings (SSSR count). The number of amides is 1. The van der Waals surface area contributed by atoms with Crippen molar-refractivity contribution in [1.82, 2.24) is 0 Å². The van der Waals surface area contributed by atoms with E-state index in [-0.39, 0.29) is 16.7 Å². The molecular weight excluding hydrogens is 433 g/mol. The number of benzene rings is 3. The average Bonchev–Trinajstić information content (AvgIpc) is 3.09. The van der Waals surface area contributed by atoms with Gasteiger partial charge in [-0.05, 0) is 53.4 Å². The summed E-state index contributed by atoms with van der Waals surface area (Å²) in [5, 5.41) is 11.4. The summed E-state index contributed by atoms with van der Waals surface area (Å²) in [5.74, 6) is -1.65. The summed E-state index contributed by atoms with van der Waals surface area (Å²) in [5.41, 5.74) is 1.96. The molecule has 1 unspecified atom stereocenters. The molecule has 3 aromatic carbocycles. The number of rotatable bonds is 4. The van der Waals surface area contributed by atoms with Gasteiger partial charge in [0.1, 0.15) is 17.3 Å². The number of Topliss-reactive ketones (excluding diaryl/α,β-unsaturated/α-hetero) is 1. The number of methoxy groups -OCH3 is 1. The number of aliphatic hydroxyl groups is 1. The fourth-order valence-corrected chi connectivity index (χ4v) is 4.25. The van der Waals surface area contributed by atoms with Gasteiger partial charge in [0.05, 0.1) is 18.7 Å². The van der Waals surface area contributed by atoms with Crippen LogP contribution in [0.4, 0.5) is 10.1 Å². The number of carbonyl (C=O) groups is 2. The molecule has 1 fully saturated rings. The van der Waals surface area contributed by atoms with Crippen LogP contribution in [0.25, 0.3) is 5.76 Å². The van der Waals surface area contributed by atoms with Gasteiger partial charge in [0, 0.05) is 16.8 Å². The number of aliphatic hydroxyl groups excluding tert-OH is 1. The van der Waals surface area contributed by atoms with Crippen LogP contribution >= 0.6 is 0 Å². The Hall–Kier alpha value is -3.93. The SMILES string of the molecule is COc1ccc(/C(O)=C2/C(=O)C(=O)N(c3ccc(F)cc3)C2c2ccccc2)cc1C(C)(C)C. The van der Waals surface area contributed by atoms with E-state index >= 15 is 0 Å². The summed E-state index contributed by atoms with van der Waals surface area (Å²) in [4.78, 5) is 27.7. The average molecular weight is 460 g/mol. The monoisotopic (exact) mass is 459 g/mol. The highest BCUT2D eigenvalue weighted by Gasteiger charge is 2.47. The number of hydrogen-bond acceptors (Lipinski definition) is 4. The lowest BCUT2D eigenvalue weighted by Gasteiger charge is -2.26. The highest BCUT2D eigenvalue weighted by atomic mass is 19.1. The summed E-state index contributed by atoms with van der Waals surface area (Å²) in [7, 11) is 1.58. The molecule has 0 saturated carbocycles. The van der Waals surface area contributed by atoms with Gasteiger partial charge in [-0.3, -0.25) is 14.5 Å². The standard InChI is InChI=1S/C28H26FNO4/c1-28(2,3)21-16-18(10-15-22(21)34-4)25(31)23-24(17-8-6-5-7-9-17)30(27(33)26(23)32)20-13-11-19(29)12-14-20/h5-16,24,31H,1-4H3/b25-23-. The van der Waals surface area contributed by atoms with Crippen molar-refractivity contribution in [2.75, 3.05) is 12.0 Å². The van der Waals surface area contributed by atoms with Gasteiger partial charge in [-0.2, -0.15) is 0 Å². The molecule has 34 heavy (non-hydrogen) atoms. The molecule has 174 valence electrons. The third kappa shape index (κ3) is 4.07. The lowest BCUT2D eigenvalue weighted by molar-refractivity contribution is -0.132. The Morgan fingerprint density at radius 2 is 1.62 bits per heavy atom. The molecule has 0 bridgehead atoms. The second kappa shape index (κ2) is 8.78. The van der Waals surface area contributed by atoms with E-state index in [0.29, 0.717) is 22.6 Å². The molecule has 1 atom stereocenters. The van der Waals surface area contributed by atoms with E-state index < -0.39 is 23.5 Å². The second-order valence-electron chi connectivity index (χ2n) is 9.22. The van der Waals surface area contributed by atoms with Crippen LogP contribution in [-0.4, -0.2) is 23.9 Å². The molecule has 1 aliphatic rings. The minimum absolute atomic E-state index is 0.0226. The van der Waals surface area contributed by atoms with E-state index in [1.807, 2.05) is 26.8 Å². The molecule has 1 heterocycles. The summed E-state index contributed by atoms with van der Waals surface area (Å²) in [6.07, 6.45) is 0. The van der Waals surface area contributed by atoms with Crippen molar-refractivity contribution < 1.29 is 23.8 Å². The van der Waals surface area contributed by atoms with Gasteiger partial charge in [0.25, 0.3) is 11.7 Å². The Labute approximate surface area is 198 Å². The van der Waals surface area contributed by atoms with Crippen LogP contribution in [0, 0.1) is 5.82 Å². The van der Waals surface area contributed by atoms with Crippen molar-refractivity contribution in [3.63, 3.8) is 0 Å². The van der Waals surface area contributed by atoms with E-state index in [1.165, 1.54) is 29.2 Å². The normalized spacial score (nSPS) is 17.8.